The molecule has 4 rings (SSSR count). The molecule has 6 heteroatoms. The van der Waals surface area contributed by atoms with Crippen molar-refractivity contribution in [2.24, 2.45) is 0 Å². The van der Waals surface area contributed by atoms with E-state index < -0.39 is 0 Å². The van der Waals surface area contributed by atoms with Crippen LogP contribution in [0.3, 0.4) is 0 Å². The maximum absolute atomic E-state index is 13.7. The minimum Gasteiger partial charge on any atom is -0.338 e. The highest BCUT2D eigenvalue weighted by Gasteiger charge is 2.28. The standard InChI is InChI=1S/C21H19FN4O/c22-18-7-1-4-15(12-18)19-20(25-10-9-24-19)17-6-3-11-26(14-17)21(27)16-5-2-8-23-13-16/h1-2,4-5,7-10,12-13,17H,3,6,11,14H2/t17-/m1/s1. The van der Waals surface area contributed by atoms with Gasteiger partial charge in [-0.15, -0.1) is 0 Å². The molecule has 0 aliphatic carbocycles. The van der Waals surface area contributed by atoms with E-state index in [0.29, 0.717) is 29.9 Å². The van der Waals surface area contributed by atoms with Crippen LogP contribution in [-0.4, -0.2) is 38.8 Å². The van der Waals surface area contributed by atoms with E-state index in [2.05, 4.69) is 15.0 Å². The van der Waals surface area contributed by atoms with E-state index in [4.69, 9.17) is 0 Å². The summed E-state index contributed by atoms with van der Waals surface area (Å²) in [6.45, 7) is 1.27. The quantitative estimate of drug-likeness (QED) is 0.713. The minimum absolute atomic E-state index is 0.0241. The average Bonchev–Trinajstić information content (AvgIpc) is 2.74. The van der Waals surface area contributed by atoms with Crippen molar-refractivity contribution in [2.45, 2.75) is 18.8 Å². The Kier molecular flexibility index (Phi) is 4.87. The lowest BCUT2D eigenvalue weighted by atomic mass is 9.91. The van der Waals surface area contributed by atoms with Gasteiger partial charge in [-0.05, 0) is 37.1 Å². The summed E-state index contributed by atoms with van der Waals surface area (Å²) in [7, 11) is 0. The van der Waals surface area contributed by atoms with Crippen molar-refractivity contribution < 1.29 is 9.18 Å². The largest absolute Gasteiger partial charge is 0.338 e. The molecule has 0 saturated carbocycles. The molecule has 136 valence electrons. The van der Waals surface area contributed by atoms with Crippen molar-refractivity contribution >= 4 is 5.91 Å². The van der Waals surface area contributed by atoms with Crippen molar-refractivity contribution in [2.75, 3.05) is 13.1 Å². The molecular weight excluding hydrogens is 343 g/mol. The Morgan fingerprint density at radius 2 is 2.00 bits per heavy atom. The van der Waals surface area contributed by atoms with Gasteiger partial charge < -0.3 is 4.90 Å². The number of hydrogen-bond acceptors (Lipinski definition) is 4. The predicted molar refractivity (Wildman–Crippen MR) is 99.5 cm³/mol. The molecule has 3 aromatic rings. The second-order valence-electron chi connectivity index (χ2n) is 6.63. The van der Waals surface area contributed by atoms with Crippen LogP contribution in [0.25, 0.3) is 11.3 Å². The third-order valence-corrected chi connectivity index (χ3v) is 4.83. The topological polar surface area (TPSA) is 59.0 Å². The first-order valence-electron chi connectivity index (χ1n) is 8.98. The first kappa shape index (κ1) is 17.3. The molecule has 1 fully saturated rings. The first-order valence-corrected chi connectivity index (χ1v) is 8.98. The van der Waals surface area contributed by atoms with E-state index >= 15 is 0 Å². The number of pyridine rings is 1. The number of amides is 1. The van der Waals surface area contributed by atoms with Crippen LogP contribution >= 0.6 is 0 Å². The summed E-state index contributed by atoms with van der Waals surface area (Å²) in [5.41, 5.74) is 2.78. The highest BCUT2D eigenvalue weighted by Crippen LogP contribution is 2.32. The maximum Gasteiger partial charge on any atom is 0.255 e. The summed E-state index contributed by atoms with van der Waals surface area (Å²) in [5, 5.41) is 0. The summed E-state index contributed by atoms with van der Waals surface area (Å²) in [4.78, 5) is 27.6. The Morgan fingerprint density at radius 1 is 1.11 bits per heavy atom. The zero-order valence-electron chi connectivity index (χ0n) is 14.8. The van der Waals surface area contributed by atoms with Crippen LogP contribution in [0.4, 0.5) is 4.39 Å². The summed E-state index contributed by atoms with van der Waals surface area (Å²) in [6, 6.07) is 9.92. The third kappa shape index (κ3) is 3.69. The molecule has 1 aliphatic rings. The van der Waals surface area contributed by atoms with E-state index in [9.17, 15) is 9.18 Å². The van der Waals surface area contributed by atoms with Gasteiger partial charge in [-0.2, -0.15) is 0 Å². The Balaban J connectivity index is 1.62. The molecule has 5 nitrogen and oxygen atoms in total. The Morgan fingerprint density at radius 3 is 2.81 bits per heavy atom. The SMILES string of the molecule is O=C(c1cccnc1)N1CCC[C@@H](c2nccnc2-c2cccc(F)c2)C1. The number of benzene rings is 1. The predicted octanol–water partition coefficient (Wildman–Crippen LogP) is 3.70. The third-order valence-electron chi connectivity index (χ3n) is 4.83. The number of halogens is 1. The molecule has 0 unspecified atom stereocenters. The molecule has 1 aromatic carbocycles. The van der Waals surface area contributed by atoms with E-state index in [-0.39, 0.29) is 17.6 Å². The van der Waals surface area contributed by atoms with Crippen LogP contribution in [0, 0.1) is 5.82 Å². The van der Waals surface area contributed by atoms with Gasteiger partial charge in [-0.1, -0.05) is 12.1 Å². The second-order valence-corrected chi connectivity index (χ2v) is 6.63. The van der Waals surface area contributed by atoms with Gasteiger partial charge in [-0.25, -0.2) is 4.39 Å². The molecule has 1 atom stereocenters. The number of piperidine rings is 1. The second kappa shape index (κ2) is 7.61. The van der Waals surface area contributed by atoms with Crippen molar-refractivity contribution in [3.8, 4) is 11.3 Å². The average molecular weight is 362 g/mol. The normalized spacial score (nSPS) is 16.9. The highest BCUT2D eigenvalue weighted by atomic mass is 19.1. The fourth-order valence-corrected chi connectivity index (χ4v) is 3.56. The summed E-state index contributed by atoms with van der Waals surface area (Å²) in [6.07, 6.45) is 8.31. The molecule has 3 heterocycles. The molecule has 2 aromatic heterocycles. The van der Waals surface area contributed by atoms with Crippen LogP contribution in [0.2, 0.25) is 0 Å². The summed E-state index contributed by atoms with van der Waals surface area (Å²) >= 11 is 0. The van der Waals surface area contributed by atoms with E-state index in [1.54, 1.807) is 43.0 Å². The zero-order chi connectivity index (χ0) is 18.6. The Labute approximate surface area is 156 Å². The smallest absolute Gasteiger partial charge is 0.255 e. The van der Waals surface area contributed by atoms with Gasteiger partial charge in [0.1, 0.15) is 5.82 Å². The zero-order valence-corrected chi connectivity index (χ0v) is 14.8. The van der Waals surface area contributed by atoms with Gasteiger partial charge in [0.15, 0.2) is 0 Å². The molecule has 1 amide bonds. The number of rotatable bonds is 3. The summed E-state index contributed by atoms with van der Waals surface area (Å²) in [5.74, 6) is -0.267. The van der Waals surface area contributed by atoms with E-state index in [1.807, 2.05) is 11.0 Å². The van der Waals surface area contributed by atoms with Crippen LogP contribution < -0.4 is 0 Å². The number of carbonyl (C=O) groups excluding carboxylic acids is 1. The number of carbonyl (C=O) groups is 1. The first-order chi connectivity index (χ1) is 13.2. The Hall–Kier alpha value is -3.15. The Bertz CT molecular complexity index is 948. The lowest BCUT2D eigenvalue weighted by molar-refractivity contribution is 0.0705. The fraction of sp³-hybridized carbons (Fsp3) is 0.238. The monoisotopic (exact) mass is 362 g/mol. The van der Waals surface area contributed by atoms with Crippen LogP contribution in [0.1, 0.15) is 34.8 Å². The van der Waals surface area contributed by atoms with Gasteiger partial charge in [0, 0.05) is 49.4 Å². The van der Waals surface area contributed by atoms with Crippen LogP contribution in [0.15, 0.2) is 61.2 Å². The lowest BCUT2D eigenvalue weighted by Gasteiger charge is -2.33. The molecule has 1 saturated heterocycles. The molecule has 0 spiro atoms. The molecule has 27 heavy (non-hydrogen) atoms. The van der Waals surface area contributed by atoms with Gasteiger partial charge >= 0.3 is 0 Å². The number of nitrogens with zero attached hydrogens (tertiary/aromatic N) is 4. The van der Waals surface area contributed by atoms with Gasteiger partial charge in [0.2, 0.25) is 0 Å². The van der Waals surface area contributed by atoms with E-state index in [0.717, 1.165) is 18.5 Å². The molecule has 0 radical (unpaired) electrons. The highest BCUT2D eigenvalue weighted by molar-refractivity contribution is 5.94. The van der Waals surface area contributed by atoms with Crippen molar-refractivity contribution in [1.82, 2.24) is 19.9 Å². The van der Waals surface area contributed by atoms with Gasteiger partial charge in [-0.3, -0.25) is 19.7 Å². The van der Waals surface area contributed by atoms with Gasteiger partial charge in [0.25, 0.3) is 5.91 Å². The van der Waals surface area contributed by atoms with Crippen LogP contribution in [0.5, 0.6) is 0 Å². The van der Waals surface area contributed by atoms with E-state index in [1.165, 1.54) is 12.1 Å². The summed E-state index contributed by atoms with van der Waals surface area (Å²) < 4.78 is 13.7. The number of likely N-dealkylation sites (tertiary alicyclic amines) is 1. The van der Waals surface area contributed by atoms with Crippen molar-refractivity contribution in [3.63, 3.8) is 0 Å². The van der Waals surface area contributed by atoms with Crippen molar-refractivity contribution in [3.05, 3.63) is 78.3 Å². The van der Waals surface area contributed by atoms with Crippen molar-refractivity contribution in [1.29, 1.82) is 0 Å². The maximum atomic E-state index is 13.7. The molecule has 1 aliphatic heterocycles. The number of aromatic nitrogens is 3. The lowest BCUT2D eigenvalue weighted by Crippen LogP contribution is -2.39. The minimum atomic E-state index is -0.305. The van der Waals surface area contributed by atoms with Gasteiger partial charge in [0.05, 0.1) is 17.0 Å². The molecule has 0 N–H and O–H groups in total. The fourth-order valence-electron chi connectivity index (χ4n) is 3.56. The molecule has 0 bridgehead atoms. The van der Waals surface area contributed by atoms with Crippen LogP contribution in [-0.2, 0) is 0 Å². The number of hydrogen-bond donors (Lipinski definition) is 0. The molecular formula is C21H19FN4O.